The lowest BCUT2D eigenvalue weighted by molar-refractivity contribution is -0.146. The molecule has 2 fully saturated rings. The van der Waals surface area contributed by atoms with Crippen molar-refractivity contribution in [1.29, 1.82) is 0 Å². The number of thiazole rings is 1. The van der Waals surface area contributed by atoms with Crippen molar-refractivity contribution in [1.82, 2.24) is 24.4 Å². The maximum atomic E-state index is 14.0. The van der Waals surface area contributed by atoms with E-state index in [1.165, 1.54) is 4.88 Å². The van der Waals surface area contributed by atoms with Crippen LogP contribution in [0.25, 0.3) is 10.5 Å². The summed E-state index contributed by atoms with van der Waals surface area (Å²) in [6.45, 7) is 0.124. The van der Waals surface area contributed by atoms with E-state index in [1.54, 1.807) is 40.7 Å². The standard InChI is InChI=1S/C21H20FN5O3S/c22-21(9-29-10-21)11-30-15-5-3-14(4-6-15)27-8-16(24-25-27)19(28)18-20(13-1-2-13)31-17-7-23-12-26(17)18/h3-8,12-13,19,28H,1-2,9-11H2. The third-order valence-electron chi connectivity index (χ3n) is 5.65. The molecule has 1 saturated carbocycles. The Balaban J connectivity index is 1.22. The number of aliphatic hydroxyl groups is 1. The summed E-state index contributed by atoms with van der Waals surface area (Å²) in [5.41, 5.74) is 0.675. The number of benzene rings is 1. The highest BCUT2D eigenvalue weighted by Gasteiger charge is 2.39. The summed E-state index contributed by atoms with van der Waals surface area (Å²) in [6, 6.07) is 7.15. The molecule has 1 aliphatic carbocycles. The maximum Gasteiger partial charge on any atom is 0.190 e. The Morgan fingerprint density at radius 2 is 2.10 bits per heavy atom. The van der Waals surface area contributed by atoms with Gasteiger partial charge in [-0.15, -0.1) is 16.4 Å². The van der Waals surface area contributed by atoms with Crippen LogP contribution in [0.4, 0.5) is 4.39 Å². The normalized spacial score (nSPS) is 18.8. The fraction of sp³-hybridized carbons (Fsp3) is 0.381. The predicted octanol–water partition coefficient (Wildman–Crippen LogP) is 3.05. The number of aromatic nitrogens is 5. The van der Waals surface area contributed by atoms with Gasteiger partial charge in [0, 0.05) is 4.88 Å². The van der Waals surface area contributed by atoms with Gasteiger partial charge in [0.15, 0.2) is 5.67 Å². The van der Waals surface area contributed by atoms with Crippen LogP contribution in [0.15, 0.2) is 43.0 Å². The summed E-state index contributed by atoms with van der Waals surface area (Å²) in [4.78, 5) is 6.41. The minimum Gasteiger partial charge on any atom is -0.490 e. The quantitative estimate of drug-likeness (QED) is 0.474. The van der Waals surface area contributed by atoms with E-state index in [0.29, 0.717) is 17.4 Å². The van der Waals surface area contributed by atoms with E-state index in [0.717, 1.165) is 29.1 Å². The SMILES string of the molecule is OC(c1cn(-c2ccc(OCC3(F)COC3)cc2)nn1)c1c(C2CC2)sc2cncn12. The molecule has 8 nitrogen and oxygen atoms in total. The second-order valence-corrected chi connectivity index (χ2v) is 9.21. The first-order valence-corrected chi connectivity index (χ1v) is 11.0. The number of alkyl halides is 1. The molecule has 160 valence electrons. The van der Waals surface area contributed by atoms with Gasteiger partial charge < -0.3 is 14.6 Å². The van der Waals surface area contributed by atoms with Crippen molar-refractivity contribution in [3.8, 4) is 11.4 Å². The lowest BCUT2D eigenvalue weighted by Crippen LogP contribution is -2.50. The molecule has 0 amide bonds. The third-order valence-corrected chi connectivity index (χ3v) is 6.92. The lowest BCUT2D eigenvalue weighted by atomic mass is 10.1. The van der Waals surface area contributed by atoms with Crippen molar-refractivity contribution in [3.05, 3.63) is 59.3 Å². The van der Waals surface area contributed by atoms with E-state index in [9.17, 15) is 9.50 Å². The first-order chi connectivity index (χ1) is 15.1. The molecule has 1 N–H and O–H groups in total. The predicted molar refractivity (Wildman–Crippen MR) is 111 cm³/mol. The smallest absolute Gasteiger partial charge is 0.190 e. The van der Waals surface area contributed by atoms with Crippen LogP contribution in [0.2, 0.25) is 0 Å². The Hall–Kier alpha value is -2.82. The largest absolute Gasteiger partial charge is 0.490 e. The van der Waals surface area contributed by atoms with Gasteiger partial charge in [-0.2, -0.15) is 0 Å². The van der Waals surface area contributed by atoms with Gasteiger partial charge in [0.2, 0.25) is 0 Å². The Morgan fingerprint density at radius 1 is 1.29 bits per heavy atom. The monoisotopic (exact) mass is 441 g/mol. The van der Waals surface area contributed by atoms with Crippen molar-refractivity contribution < 1.29 is 19.0 Å². The van der Waals surface area contributed by atoms with Crippen LogP contribution >= 0.6 is 11.3 Å². The summed E-state index contributed by atoms with van der Waals surface area (Å²) in [5, 5.41) is 19.5. The first-order valence-electron chi connectivity index (χ1n) is 10.1. The molecule has 1 atom stereocenters. The van der Waals surface area contributed by atoms with Gasteiger partial charge in [0.25, 0.3) is 0 Å². The average Bonchev–Trinajstić information content (AvgIpc) is 3.16. The fourth-order valence-corrected chi connectivity index (χ4v) is 5.01. The van der Waals surface area contributed by atoms with Gasteiger partial charge in [-0.1, -0.05) is 5.21 Å². The summed E-state index contributed by atoms with van der Waals surface area (Å²) < 4.78 is 28.0. The molecule has 0 radical (unpaired) electrons. The molecule has 10 heteroatoms. The Bertz CT molecular complexity index is 1230. The highest BCUT2D eigenvalue weighted by Crippen LogP contribution is 2.47. The highest BCUT2D eigenvalue weighted by atomic mass is 32.1. The van der Waals surface area contributed by atoms with E-state index in [4.69, 9.17) is 9.47 Å². The Labute approximate surface area is 180 Å². The number of halogens is 1. The van der Waals surface area contributed by atoms with E-state index in [1.807, 2.05) is 22.7 Å². The van der Waals surface area contributed by atoms with Crippen molar-refractivity contribution in [2.45, 2.75) is 30.5 Å². The number of hydrogen-bond donors (Lipinski definition) is 1. The molecule has 4 aromatic rings. The number of nitrogens with zero attached hydrogens (tertiary/aromatic N) is 5. The van der Waals surface area contributed by atoms with E-state index in [-0.39, 0.29) is 19.8 Å². The highest BCUT2D eigenvalue weighted by molar-refractivity contribution is 7.17. The molecule has 0 spiro atoms. The van der Waals surface area contributed by atoms with Gasteiger partial charge >= 0.3 is 0 Å². The molecule has 1 aromatic carbocycles. The van der Waals surface area contributed by atoms with Crippen LogP contribution in [0.3, 0.4) is 0 Å². The summed E-state index contributed by atoms with van der Waals surface area (Å²) in [6.07, 6.45) is 6.68. The maximum absolute atomic E-state index is 14.0. The van der Waals surface area contributed by atoms with Crippen molar-refractivity contribution in [2.24, 2.45) is 0 Å². The summed E-state index contributed by atoms with van der Waals surface area (Å²) in [7, 11) is 0. The fourth-order valence-electron chi connectivity index (χ4n) is 3.71. The van der Waals surface area contributed by atoms with E-state index < -0.39 is 11.8 Å². The van der Waals surface area contributed by atoms with Crippen LogP contribution < -0.4 is 4.74 Å². The molecular weight excluding hydrogens is 421 g/mol. The number of fused-ring (bicyclic) bond motifs is 1. The molecular formula is C21H20FN5O3S. The number of imidazole rings is 1. The number of hydrogen-bond acceptors (Lipinski definition) is 7. The van der Waals surface area contributed by atoms with Gasteiger partial charge in [-0.05, 0) is 43.0 Å². The van der Waals surface area contributed by atoms with Gasteiger partial charge in [0.05, 0.1) is 37.0 Å². The zero-order valence-corrected chi connectivity index (χ0v) is 17.3. The molecule has 1 saturated heterocycles. The van der Waals surface area contributed by atoms with Crippen molar-refractivity contribution >= 4 is 16.2 Å². The Kier molecular flexibility index (Phi) is 4.34. The van der Waals surface area contributed by atoms with Crippen LogP contribution in [0, 0.1) is 0 Å². The van der Waals surface area contributed by atoms with Crippen LogP contribution in [-0.2, 0) is 4.74 Å². The average molecular weight is 441 g/mol. The molecule has 4 heterocycles. The van der Waals surface area contributed by atoms with Gasteiger partial charge in [-0.3, -0.25) is 4.40 Å². The minimum absolute atomic E-state index is 0.0291. The minimum atomic E-state index is -1.39. The number of rotatable bonds is 7. The lowest BCUT2D eigenvalue weighted by Gasteiger charge is -2.33. The molecule has 3 aromatic heterocycles. The van der Waals surface area contributed by atoms with Crippen LogP contribution in [0.1, 0.15) is 41.1 Å². The molecule has 31 heavy (non-hydrogen) atoms. The topological polar surface area (TPSA) is 86.7 Å². The second-order valence-electron chi connectivity index (χ2n) is 8.14. The zero-order valence-electron chi connectivity index (χ0n) is 16.5. The van der Waals surface area contributed by atoms with E-state index in [2.05, 4.69) is 15.3 Å². The van der Waals surface area contributed by atoms with Gasteiger partial charge in [-0.25, -0.2) is 14.1 Å². The molecule has 2 aliphatic rings. The Morgan fingerprint density at radius 3 is 2.81 bits per heavy atom. The van der Waals surface area contributed by atoms with Crippen molar-refractivity contribution in [2.75, 3.05) is 19.8 Å². The number of aliphatic hydroxyl groups excluding tert-OH is 1. The number of ether oxygens (including phenoxy) is 2. The summed E-state index contributed by atoms with van der Waals surface area (Å²) in [5.74, 6) is 1.08. The molecule has 6 rings (SSSR count). The molecule has 0 bridgehead atoms. The third kappa shape index (κ3) is 3.40. The van der Waals surface area contributed by atoms with E-state index >= 15 is 0 Å². The van der Waals surface area contributed by atoms with Crippen LogP contribution in [-0.4, -0.2) is 55.0 Å². The molecule has 1 unspecified atom stereocenters. The summed E-state index contributed by atoms with van der Waals surface area (Å²) >= 11 is 1.68. The van der Waals surface area contributed by atoms with Crippen molar-refractivity contribution in [3.63, 3.8) is 0 Å². The molecule has 1 aliphatic heterocycles. The second kappa shape index (κ2) is 7.11. The van der Waals surface area contributed by atoms with Gasteiger partial charge in [0.1, 0.15) is 35.3 Å². The van der Waals surface area contributed by atoms with Crippen LogP contribution in [0.5, 0.6) is 5.75 Å². The first kappa shape index (κ1) is 18.9. The zero-order chi connectivity index (χ0) is 21.0.